The molecule has 2 aliphatic carbocycles. The molecule has 2 N–H and O–H groups in total. The molecule has 4 rings (SSSR count). The van der Waals surface area contributed by atoms with E-state index in [0.717, 1.165) is 37.7 Å². The monoisotopic (exact) mass is 463 g/mol. The number of ether oxygens (including phenoxy) is 1. The Balaban J connectivity index is 1.56. The van der Waals surface area contributed by atoms with Crippen molar-refractivity contribution in [1.29, 1.82) is 0 Å². The Morgan fingerprint density at radius 1 is 1.06 bits per heavy atom. The van der Waals surface area contributed by atoms with Crippen molar-refractivity contribution in [1.82, 2.24) is 15.2 Å². The Hall–Kier alpha value is -3.35. The summed E-state index contributed by atoms with van der Waals surface area (Å²) < 4.78 is 7.15. The molecule has 0 saturated heterocycles. The summed E-state index contributed by atoms with van der Waals surface area (Å²) in [4.78, 5) is 39.0. The number of rotatable bonds is 10. The molecule has 0 bridgehead atoms. The van der Waals surface area contributed by atoms with Gasteiger partial charge in [0.1, 0.15) is 16.9 Å². The molecular formula is C27H33N3O4. The zero-order valence-corrected chi connectivity index (χ0v) is 19.8. The number of para-hydroxylation sites is 1. The standard InChI is InChI=1S/C27H33N3O4/c1-34-24-10-6-5-9-21(24)16-30-17-22(26(32)28-14-13-19-7-3-2-4-8-19)25(31)23(18-30)27(33)29-15-20-11-12-20/h5-7,9-10,17-18,20H,2-4,8,11-16H2,1H3,(H,28,32)(H,29,33). The van der Waals surface area contributed by atoms with Gasteiger partial charge in [-0.2, -0.15) is 0 Å². The number of hydrogen-bond donors (Lipinski definition) is 2. The highest BCUT2D eigenvalue weighted by Crippen LogP contribution is 2.27. The van der Waals surface area contributed by atoms with Crippen LogP contribution in [0.1, 0.15) is 71.2 Å². The number of nitrogens with one attached hydrogen (secondary N) is 2. The molecule has 1 heterocycles. The van der Waals surface area contributed by atoms with E-state index in [1.807, 2.05) is 24.3 Å². The topological polar surface area (TPSA) is 89.4 Å². The van der Waals surface area contributed by atoms with Crippen LogP contribution in [-0.2, 0) is 6.54 Å². The first kappa shape index (κ1) is 23.8. The fourth-order valence-electron chi connectivity index (χ4n) is 4.29. The second-order valence-electron chi connectivity index (χ2n) is 9.17. The molecule has 1 fully saturated rings. The maximum Gasteiger partial charge on any atom is 0.256 e. The third-order valence-electron chi connectivity index (χ3n) is 6.48. The van der Waals surface area contributed by atoms with Crippen molar-refractivity contribution in [2.24, 2.45) is 5.92 Å². The van der Waals surface area contributed by atoms with Crippen molar-refractivity contribution in [3.05, 3.63) is 75.2 Å². The largest absolute Gasteiger partial charge is 0.496 e. The number of carbonyl (C=O) groups is 2. The van der Waals surface area contributed by atoms with Crippen LogP contribution in [0.2, 0.25) is 0 Å². The quantitative estimate of drug-likeness (QED) is 0.526. The molecule has 0 atom stereocenters. The van der Waals surface area contributed by atoms with Gasteiger partial charge in [0.2, 0.25) is 5.43 Å². The molecule has 180 valence electrons. The first-order valence-electron chi connectivity index (χ1n) is 12.2. The molecule has 1 aromatic heterocycles. The van der Waals surface area contributed by atoms with Gasteiger partial charge in [0.05, 0.1) is 13.7 Å². The summed E-state index contributed by atoms with van der Waals surface area (Å²) in [6.45, 7) is 1.38. The number of hydrogen-bond acceptors (Lipinski definition) is 4. The minimum Gasteiger partial charge on any atom is -0.496 e. The van der Waals surface area contributed by atoms with Crippen LogP contribution in [0.25, 0.3) is 0 Å². The van der Waals surface area contributed by atoms with E-state index < -0.39 is 17.2 Å². The Labute approximate surface area is 200 Å². The van der Waals surface area contributed by atoms with Crippen molar-refractivity contribution in [3.63, 3.8) is 0 Å². The lowest BCUT2D eigenvalue weighted by Gasteiger charge is -2.15. The molecule has 34 heavy (non-hydrogen) atoms. The maximum absolute atomic E-state index is 13.1. The lowest BCUT2D eigenvalue weighted by atomic mass is 9.97. The molecule has 1 aromatic carbocycles. The van der Waals surface area contributed by atoms with Crippen LogP contribution < -0.4 is 20.8 Å². The average molecular weight is 464 g/mol. The number of amides is 2. The summed E-state index contributed by atoms with van der Waals surface area (Å²) in [7, 11) is 1.60. The highest BCUT2D eigenvalue weighted by Gasteiger charge is 2.24. The second-order valence-corrected chi connectivity index (χ2v) is 9.17. The van der Waals surface area contributed by atoms with E-state index in [0.29, 0.717) is 31.3 Å². The Morgan fingerprint density at radius 3 is 2.47 bits per heavy atom. The van der Waals surface area contributed by atoms with Gasteiger partial charge in [0, 0.05) is 31.0 Å². The summed E-state index contributed by atoms with van der Waals surface area (Å²) in [6.07, 6.45) is 12.8. The number of carbonyl (C=O) groups excluding carboxylic acids is 2. The van der Waals surface area contributed by atoms with Crippen molar-refractivity contribution in [2.45, 2.75) is 51.5 Å². The predicted octanol–water partition coefficient (Wildman–Crippen LogP) is 3.67. The number of allylic oxidation sites excluding steroid dienone is 1. The fourth-order valence-corrected chi connectivity index (χ4v) is 4.29. The van der Waals surface area contributed by atoms with Crippen LogP contribution in [0.3, 0.4) is 0 Å². The van der Waals surface area contributed by atoms with E-state index in [2.05, 4.69) is 16.7 Å². The molecule has 0 radical (unpaired) electrons. The lowest BCUT2D eigenvalue weighted by molar-refractivity contribution is 0.0949. The zero-order valence-electron chi connectivity index (χ0n) is 19.8. The first-order chi connectivity index (χ1) is 16.5. The summed E-state index contributed by atoms with van der Waals surface area (Å²) >= 11 is 0. The average Bonchev–Trinajstić information content (AvgIpc) is 3.69. The zero-order chi connectivity index (χ0) is 23.9. The number of methoxy groups -OCH3 is 1. The van der Waals surface area contributed by atoms with E-state index in [1.54, 1.807) is 11.7 Å². The van der Waals surface area contributed by atoms with Crippen LogP contribution in [0.15, 0.2) is 53.1 Å². The molecule has 7 heteroatoms. The third-order valence-corrected chi connectivity index (χ3v) is 6.48. The molecular weight excluding hydrogens is 430 g/mol. The minimum atomic E-state index is -0.543. The number of benzene rings is 1. The van der Waals surface area contributed by atoms with E-state index in [4.69, 9.17) is 4.74 Å². The number of aromatic nitrogens is 1. The van der Waals surface area contributed by atoms with Gasteiger partial charge >= 0.3 is 0 Å². The normalized spacial score (nSPS) is 15.4. The van der Waals surface area contributed by atoms with Gasteiger partial charge in [-0.3, -0.25) is 14.4 Å². The van der Waals surface area contributed by atoms with E-state index in [-0.39, 0.29) is 11.1 Å². The Kier molecular flexibility index (Phi) is 7.83. The molecule has 0 aliphatic heterocycles. The molecule has 0 spiro atoms. The Bertz CT molecular complexity index is 1130. The molecule has 7 nitrogen and oxygen atoms in total. The van der Waals surface area contributed by atoms with Crippen molar-refractivity contribution < 1.29 is 14.3 Å². The van der Waals surface area contributed by atoms with Gasteiger partial charge in [-0.25, -0.2) is 0 Å². The summed E-state index contributed by atoms with van der Waals surface area (Å²) in [6, 6.07) is 7.55. The molecule has 2 aromatic rings. The summed E-state index contributed by atoms with van der Waals surface area (Å²) in [5.74, 6) is 0.299. The molecule has 1 saturated carbocycles. The predicted molar refractivity (Wildman–Crippen MR) is 131 cm³/mol. The van der Waals surface area contributed by atoms with Crippen molar-refractivity contribution in [3.8, 4) is 5.75 Å². The van der Waals surface area contributed by atoms with Gasteiger partial charge < -0.3 is 19.9 Å². The third kappa shape index (κ3) is 6.16. The smallest absolute Gasteiger partial charge is 0.256 e. The van der Waals surface area contributed by atoms with Crippen molar-refractivity contribution in [2.75, 3.05) is 20.2 Å². The van der Waals surface area contributed by atoms with Gasteiger partial charge in [-0.05, 0) is 56.9 Å². The van der Waals surface area contributed by atoms with Gasteiger partial charge in [-0.15, -0.1) is 0 Å². The Morgan fingerprint density at radius 2 is 1.79 bits per heavy atom. The lowest BCUT2D eigenvalue weighted by Crippen LogP contribution is -2.36. The highest BCUT2D eigenvalue weighted by atomic mass is 16.5. The van der Waals surface area contributed by atoms with Crippen LogP contribution in [0.4, 0.5) is 0 Å². The van der Waals surface area contributed by atoms with Crippen molar-refractivity contribution >= 4 is 11.8 Å². The van der Waals surface area contributed by atoms with Gasteiger partial charge in [0.15, 0.2) is 0 Å². The van der Waals surface area contributed by atoms with Crippen LogP contribution in [0, 0.1) is 5.92 Å². The molecule has 2 aliphatic rings. The number of pyridine rings is 1. The summed E-state index contributed by atoms with van der Waals surface area (Å²) in [5, 5.41) is 5.73. The fraction of sp³-hybridized carbons (Fsp3) is 0.444. The van der Waals surface area contributed by atoms with Crippen LogP contribution in [0.5, 0.6) is 5.75 Å². The van der Waals surface area contributed by atoms with Gasteiger partial charge in [-0.1, -0.05) is 29.8 Å². The minimum absolute atomic E-state index is 0.0156. The van der Waals surface area contributed by atoms with E-state index >= 15 is 0 Å². The second kappa shape index (κ2) is 11.2. The first-order valence-corrected chi connectivity index (χ1v) is 12.2. The maximum atomic E-state index is 13.1. The summed E-state index contributed by atoms with van der Waals surface area (Å²) in [5.41, 5.74) is 1.66. The molecule has 0 unspecified atom stereocenters. The van der Waals surface area contributed by atoms with Crippen LogP contribution in [-0.4, -0.2) is 36.6 Å². The van der Waals surface area contributed by atoms with Gasteiger partial charge in [0.25, 0.3) is 11.8 Å². The number of nitrogens with zero attached hydrogens (tertiary/aromatic N) is 1. The van der Waals surface area contributed by atoms with E-state index in [9.17, 15) is 14.4 Å². The SMILES string of the molecule is COc1ccccc1Cn1cc(C(=O)NCCC2=CCCCC2)c(=O)c(C(=O)NCC2CC2)c1. The highest BCUT2D eigenvalue weighted by molar-refractivity contribution is 5.99. The van der Waals surface area contributed by atoms with Crippen LogP contribution >= 0.6 is 0 Å². The van der Waals surface area contributed by atoms with E-state index in [1.165, 1.54) is 30.8 Å². The molecule has 2 amide bonds.